The van der Waals surface area contributed by atoms with Crippen LogP contribution in [-0.4, -0.2) is 0 Å². The van der Waals surface area contributed by atoms with Gasteiger partial charge in [-0.05, 0) is 0 Å². The molecule has 0 N–H and O–H groups in total. The van der Waals surface area contributed by atoms with Crippen LogP contribution in [0.5, 0.6) is 0 Å². The number of hydrogen-bond donors (Lipinski definition) is 0. The van der Waals surface area contributed by atoms with Crippen LogP contribution in [0.2, 0.25) is 5.02 Å². The topological polar surface area (TPSA) is 0 Å². The van der Waals surface area contributed by atoms with Gasteiger partial charge in [-0.3, -0.25) is 0 Å². The molecule has 0 bridgehead atoms. The first-order valence-electron chi connectivity index (χ1n) is 4.88. The van der Waals surface area contributed by atoms with Crippen LogP contribution in [-0.2, 0) is 31.1 Å². The molecule has 0 nitrogen and oxygen atoms in total. The van der Waals surface area contributed by atoms with E-state index in [9.17, 15) is 0 Å². The van der Waals surface area contributed by atoms with E-state index in [2.05, 4.69) is 30.3 Å². The van der Waals surface area contributed by atoms with Gasteiger partial charge in [0.15, 0.2) is 0 Å². The summed E-state index contributed by atoms with van der Waals surface area (Å²) in [6, 6.07) is 12.8. The number of fused-ring (bicyclic) bond motifs is 3. The summed E-state index contributed by atoms with van der Waals surface area (Å²) in [6.07, 6.45) is 1.05. The van der Waals surface area contributed by atoms with Gasteiger partial charge in [0.1, 0.15) is 0 Å². The fraction of sp³-hybridized carbons (Fsp3) is 0.0769. The van der Waals surface area contributed by atoms with E-state index in [0.717, 1.165) is 11.4 Å². The Hall–Kier alpha value is 0.483. The van der Waals surface area contributed by atoms with Crippen molar-refractivity contribution in [2.45, 2.75) is 6.42 Å². The van der Waals surface area contributed by atoms with E-state index in [-0.39, 0.29) is 37.2 Å². The zero-order valence-corrected chi connectivity index (χ0v) is 14.7. The van der Waals surface area contributed by atoms with E-state index in [1.807, 2.05) is 6.07 Å². The molecule has 0 radical (unpaired) electrons. The third-order valence-electron chi connectivity index (χ3n) is 2.94. The standard InChI is InChI=1S/C13H8Cl.3ClH.Zr/c14-11-5-6-13-10(8-11)7-9-3-1-2-4-12(9)13;;;;/h1-6H,7H2;3*1H;/q;;;;+3/p-3. The van der Waals surface area contributed by atoms with Crippen LogP contribution in [0.25, 0.3) is 11.1 Å². The second-order valence-corrected chi connectivity index (χ2v) is 5.42. The third kappa shape index (κ3) is 2.97. The minimum Gasteiger partial charge on any atom is -1.00 e. The molecule has 1 aliphatic carbocycles. The van der Waals surface area contributed by atoms with Crippen molar-refractivity contribution >= 4 is 14.9 Å². The molecule has 92 valence electrons. The molecule has 18 heavy (non-hydrogen) atoms. The van der Waals surface area contributed by atoms with E-state index >= 15 is 0 Å². The molecular weight excluding hydrogens is 389 g/mol. The fourth-order valence-corrected chi connectivity index (χ4v) is 3.11. The van der Waals surface area contributed by atoms with Crippen molar-refractivity contribution < 1.29 is 61.9 Å². The average molecular weight is 397 g/mol. The first-order valence-corrected chi connectivity index (χ1v) is 6.49. The maximum Gasteiger partial charge on any atom is -1.00 e. The summed E-state index contributed by atoms with van der Waals surface area (Å²) < 4.78 is 1.32. The normalized spacial score (nSPS) is 10.4. The summed E-state index contributed by atoms with van der Waals surface area (Å²) in [7, 11) is 0. The molecule has 3 rings (SSSR count). The molecule has 0 amide bonds. The molecule has 2 aromatic carbocycles. The van der Waals surface area contributed by atoms with E-state index in [0.29, 0.717) is 0 Å². The van der Waals surface area contributed by atoms with E-state index in [1.165, 1.54) is 50.2 Å². The Labute approximate surface area is 146 Å². The van der Waals surface area contributed by atoms with Gasteiger partial charge in [-0.25, -0.2) is 0 Å². The van der Waals surface area contributed by atoms with Crippen LogP contribution in [0.4, 0.5) is 0 Å². The Balaban J connectivity index is 0.000000963. The second-order valence-electron chi connectivity index (χ2n) is 3.78. The van der Waals surface area contributed by atoms with E-state index in [4.69, 9.17) is 11.6 Å². The number of hydrogen-bond acceptors (Lipinski definition) is 0. The molecule has 2 aromatic rings. The molecule has 0 aromatic heterocycles. The molecule has 5 heteroatoms. The largest absolute Gasteiger partial charge is 1.00 e. The molecule has 0 saturated carbocycles. The van der Waals surface area contributed by atoms with Crippen molar-refractivity contribution in [2.24, 2.45) is 0 Å². The van der Waals surface area contributed by atoms with Crippen LogP contribution >= 0.6 is 11.6 Å². The van der Waals surface area contributed by atoms with Gasteiger partial charge in [0, 0.05) is 0 Å². The number of halogens is 4. The summed E-state index contributed by atoms with van der Waals surface area (Å²) in [4.78, 5) is 0. The summed E-state index contributed by atoms with van der Waals surface area (Å²) in [5, 5.41) is 0.916. The van der Waals surface area contributed by atoms with Crippen molar-refractivity contribution in [3.8, 4) is 11.1 Å². The molecule has 0 atom stereocenters. The number of benzene rings is 2. The SMILES string of the molecule is Clc1ccc2c([c]1[Zr+3])Cc1ccccc1-2.[Cl-].[Cl-].[Cl-]. The Bertz CT molecular complexity index is 555. The summed E-state index contributed by atoms with van der Waals surface area (Å²) in [6.45, 7) is 0. The zero-order valence-electron chi connectivity index (χ0n) is 9.18. The predicted molar refractivity (Wildman–Crippen MR) is 59.3 cm³/mol. The van der Waals surface area contributed by atoms with Crippen LogP contribution in [0.1, 0.15) is 11.1 Å². The molecule has 0 saturated heterocycles. The van der Waals surface area contributed by atoms with Gasteiger partial charge in [-0.2, -0.15) is 0 Å². The van der Waals surface area contributed by atoms with E-state index in [1.54, 1.807) is 0 Å². The summed E-state index contributed by atoms with van der Waals surface area (Å²) >= 11 is 7.56. The molecule has 0 fully saturated rings. The Morgan fingerprint density at radius 3 is 2.28 bits per heavy atom. The van der Waals surface area contributed by atoms with Crippen molar-refractivity contribution in [3.05, 3.63) is 52.5 Å². The van der Waals surface area contributed by atoms with Crippen LogP contribution in [0.15, 0.2) is 36.4 Å². The van der Waals surface area contributed by atoms with E-state index < -0.39 is 0 Å². The first-order chi connectivity index (χ1) is 7.27. The van der Waals surface area contributed by atoms with Crippen LogP contribution in [0, 0.1) is 0 Å². The quantitative estimate of drug-likeness (QED) is 0.355. The zero-order chi connectivity index (χ0) is 10.4. The molecular formula is C13H8Cl4Zr. The average Bonchev–Trinajstić information content (AvgIpc) is 2.63. The second kappa shape index (κ2) is 7.31. The third-order valence-corrected chi connectivity index (χ3v) is 5.05. The van der Waals surface area contributed by atoms with Crippen LogP contribution < -0.4 is 40.5 Å². The van der Waals surface area contributed by atoms with Crippen molar-refractivity contribution in [3.63, 3.8) is 0 Å². The first kappa shape index (κ1) is 18.5. The summed E-state index contributed by atoms with van der Waals surface area (Å²) in [5.74, 6) is 0. The summed E-state index contributed by atoms with van der Waals surface area (Å²) in [5.41, 5.74) is 5.62. The molecule has 0 spiro atoms. The monoisotopic (exact) mass is 394 g/mol. The van der Waals surface area contributed by atoms with Crippen LogP contribution in [0.3, 0.4) is 0 Å². The molecule has 0 heterocycles. The molecule has 0 unspecified atom stereocenters. The number of rotatable bonds is 0. The minimum absolute atomic E-state index is 0. The smallest absolute Gasteiger partial charge is 1.00 e. The van der Waals surface area contributed by atoms with Crippen molar-refractivity contribution in [1.29, 1.82) is 0 Å². The minimum atomic E-state index is 0. The van der Waals surface area contributed by atoms with Crippen molar-refractivity contribution in [2.75, 3.05) is 0 Å². The maximum atomic E-state index is 6.16. The Morgan fingerprint density at radius 1 is 0.889 bits per heavy atom. The molecule has 0 aliphatic heterocycles. The Morgan fingerprint density at radius 2 is 1.56 bits per heavy atom. The fourth-order valence-electron chi connectivity index (χ4n) is 2.18. The van der Waals surface area contributed by atoms with Gasteiger partial charge in [0.2, 0.25) is 0 Å². The Kier molecular flexibility index (Phi) is 7.51. The predicted octanol–water partition coefficient (Wildman–Crippen LogP) is -5.90. The van der Waals surface area contributed by atoms with Gasteiger partial charge < -0.3 is 37.2 Å². The van der Waals surface area contributed by atoms with Crippen molar-refractivity contribution in [1.82, 2.24) is 0 Å². The van der Waals surface area contributed by atoms with Gasteiger partial charge >= 0.3 is 110 Å². The van der Waals surface area contributed by atoms with Gasteiger partial charge in [-0.1, -0.05) is 0 Å². The molecule has 1 aliphatic rings. The van der Waals surface area contributed by atoms with Gasteiger partial charge in [-0.15, -0.1) is 0 Å². The van der Waals surface area contributed by atoms with Gasteiger partial charge in [0.25, 0.3) is 0 Å². The maximum absolute atomic E-state index is 6.16. The van der Waals surface area contributed by atoms with Gasteiger partial charge in [0.05, 0.1) is 0 Å².